The van der Waals surface area contributed by atoms with Crippen LogP contribution in [-0.2, 0) is 9.59 Å². The largest absolute Gasteiger partial charge is 0.490 e. The van der Waals surface area contributed by atoms with Crippen molar-refractivity contribution in [3.8, 4) is 5.75 Å². The lowest BCUT2D eigenvalue weighted by molar-refractivity contribution is -0.132. The Kier molecular flexibility index (Phi) is 3.09. The molecule has 0 radical (unpaired) electrons. The van der Waals surface area contributed by atoms with E-state index in [0.717, 1.165) is 6.08 Å². The van der Waals surface area contributed by atoms with Crippen LogP contribution in [0.25, 0.3) is 0 Å². The number of para-hydroxylation sites is 2. The van der Waals surface area contributed by atoms with Gasteiger partial charge in [0.15, 0.2) is 0 Å². The summed E-state index contributed by atoms with van der Waals surface area (Å²) in [5.41, 5.74) is 0.616. The third-order valence-electron chi connectivity index (χ3n) is 2.46. The molecule has 0 bridgehead atoms. The van der Waals surface area contributed by atoms with Crippen molar-refractivity contribution in [3.63, 3.8) is 0 Å². The van der Waals surface area contributed by atoms with Crippen LogP contribution in [0.4, 0.5) is 5.69 Å². The molecule has 88 valence electrons. The molecule has 0 unspecified atom stereocenters. The van der Waals surface area contributed by atoms with Gasteiger partial charge in [-0.05, 0) is 12.1 Å². The zero-order valence-electron chi connectivity index (χ0n) is 9.00. The number of carboxylic acids is 1. The SMILES string of the molecule is O=CC=C(C(=O)O)N1CCOc2ccccc21. The Morgan fingerprint density at radius 2 is 2.18 bits per heavy atom. The number of carbonyl (C=O) groups excluding carboxylic acids is 1. The smallest absolute Gasteiger partial charge is 0.352 e. The monoisotopic (exact) mass is 233 g/mol. The molecule has 0 saturated heterocycles. The molecular formula is C12H11NO4. The van der Waals surface area contributed by atoms with Crippen molar-refractivity contribution >= 4 is 17.9 Å². The quantitative estimate of drug-likeness (QED) is 0.624. The minimum atomic E-state index is -1.13. The molecule has 1 N–H and O–H groups in total. The summed E-state index contributed by atoms with van der Waals surface area (Å²) in [5.74, 6) is -0.509. The molecule has 1 aromatic carbocycles. The molecular weight excluding hydrogens is 222 g/mol. The normalized spacial score (nSPS) is 14.8. The van der Waals surface area contributed by atoms with Gasteiger partial charge in [-0.15, -0.1) is 0 Å². The number of allylic oxidation sites excluding steroid dienone is 1. The maximum Gasteiger partial charge on any atom is 0.352 e. The highest BCUT2D eigenvalue weighted by molar-refractivity contribution is 5.95. The molecule has 2 rings (SSSR count). The highest BCUT2D eigenvalue weighted by Crippen LogP contribution is 2.33. The fraction of sp³-hybridized carbons (Fsp3) is 0.167. The lowest BCUT2D eigenvalue weighted by Gasteiger charge is -2.30. The van der Waals surface area contributed by atoms with Gasteiger partial charge >= 0.3 is 5.97 Å². The van der Waals surface area contributed by atoms with Gasteiger partial charge in [0.25, 0.3) is 0 Å². The van der Waals surface area contributed by atoms with Crippen LogP contribution < -0.4 is 9.64 Å². The molecule has 1 aromatic rings. The molecule has 0 atom stereocenters. The lowest BCUT2D eigenvalue weighted by Crippen LogP contribution is -2.35. The van der Waals surface area contributed by atoms with Gasteiger partial charge < -0.3 is 14.7 Å². The Bertz CT molecular complexity index is 481. The summed E-state index contributed by atoms with van der Waals surface area (Å²) < 4.78 is 5.41. The van der Waals surface area contributed by atoms with E-state index in [-0.39, 0.29) is 5.70 Å². The first-order valence-electron chi connectivity index (χ1n) is 5.12. The van der Waals surface area contributed by atoms with E-state index in [1.54, 1.807) is 23.1 Å². The summed E-state index contributed by atoms with van der Waals surface area (Å²) in [6.45, 7) is 0.795. The number of benzene rings is 1. The van der Waals surface area contributed by atoms with E-state index in [9.17, 15) is 9.59 Å². The second-order valence-corrected chi connectivity index (χ2v) is 3.46. The molecule has 0 aromatic heterocycles. The van der Waals surface area contributed by atoms with Crippen molar-refractivity contribution in [1.29, 1.82) is 0 Å². The third kappa shape index (κ3) is 2.13. The van der Waals surface area contributed by atoms with Crippen molar-refractivity contribution < 1.29 is 19.4 Å². The van der Waals surface area contributed by atoms with Gasteiger partial charge in [0.05, 0.1) is 12.2 Å². The number of anilines is 1. The van der Waals surface area contributed by atoms with Crippen molar-refractivity contribution in [1.82, 2.24) is 0 Å². The van der Waals surface area contributed by atoms with E-state index in [2.05, 4.69) is 0 Å². The number of ether oxygens (including phenoxy) is 1. The van der Waals surface area contributed by atoms with E-state index >= 15 is 0 Å². The molecule has 1 heterocycles. The van der Waals surface area contributed by atoms with E-state index < -0.39 is 5.97 Å². The van der Waals surface area contributed by atoms with Crippen LogP contribution >= 0.6 is 0 Å². The highest BCUT2D eigenvalue weighted by atomic mass is 16.5. The Morgan fingerprint density at radius 3 is 2.88 bits per heavy atom. The van der Waals surface area contributed by atoms with Crippen molar-refractivity contribution in [2.75, 3.05) is 18.1 Å². The Labute approximate surface area is 97.9 Å². The summed E-state index contributed by atoms with van der Waals surface area (Å²) in [7, 11) is 0. The van der Waals surface area contributed by atoms with Crippen molar-refractivity contribution in [2.24, 2.45) is 0 Å². The number of carboxylic acid groups (broad SMARTS) is 1. The number of carbonyl (C=O) groups is 2. The fourth-order valence-corrected chi connectivity index (χ4v) is 1.76. The van der Waals surface area contributed by atoms with Gasteiger partial charge in [-0.3, -0.25) is 4.79 Å². The second kappa shape index (κ2) is 4.69. The van der Waals surface area contributed by atoms with Gasteiger partial charge in [-0.1, -0.05) is 12.1 Å². The average Bonchev–Trinajstić information content (AvgIpc) is 2.35. The highest BCUT2D eigenvalue weighted by Gasteiger charge is 2.24. The predicted molar refractivity (Wildman–Crippen MR) is 61.1 cm³/mol. The zero-order valence-corrected chi connectivity index (χ0v) is 9.00. The van der Waals surface area contributed by atoms with Crippen LogP contribution in [0.3, 0.4) is 0 Å². The number of aliphatic carboxylic acids is 1. The summed E-state index contributed by atoms with van der Waals surface area (Å²) in [6.07, 6.45) is 1.52. The first-order chi connectivity index (χ1) is 8.24. The predicted octanol–water partition coefficient (Wildman–Crippen LogP) is 1.05. The summed E-state index contributed by atoms with van der Waals surface area (Å²) in [6, 6.07) is 7.13. The summed E-state index contributed by atoms with van der Waals surface area (Å²) in [5, 5.41) is 9.07. The second-order valence-electron chi connectivity index (χ2n) is 3.46. The number of rotatable bonds is 3. The van der Waals surface area contributed by atoms with E-state index in [0.29, 0.717) is 30.9 Å². The minimum Gasteiger partial charge on any atom is -0.490 e. The van der Waals surface area contributed by atoms with Crippen LogP contribution in [0.1, 0.15) is 0 Å². The molecule has 1 aliphatic heterocycles. The van der Waals surface area contributed by atoms with Gasteiger partial charge in [-0.25, -0.2) is 4.79 Å². The van der Waals surface area contributed by atoms with E-state index in [1.165, 1.54) is 0 Å². The summed E-state index contributed by atoms with van der Waals surface area (Å²) >= 11 is 0. The Balaban J connectivity index is 2.44. The van der Waals surface area contributed by atoms with Gasteiger partial charge in [0.1, 0.15) is 24.3 Å². The summed E-state index contributed by atoms with van der Waals surface area (Å²) in [4.78, 5) is 23.1. The molecule has 5 nitrogen and oxygen atoms in total. The third-order valence-corrected chi connectivity index (χ3v) is 2.46. The van der Waals surface area contributed by atoms with Crippen LogP contribution in [0.15, 0.2) is 36.0 Å². The number of hydrogen-bond donors (Lipinski definition) is 1. The zero-order chi connectivity index (χ0) is 12.3. The van der Waals surface area contributed by atoms with Crippen LogP contribution in [0.2, 0.25) is 0 Å². The molecule has 0 aliphatic carbocycles. The minimum absolute atomic E-state index is 0.0456. The van der Waals surface area contributed by atoms with Crippen molar-refractivity contribution in [3.05, 3.63) is 36.0 Å². The molecule has 5 heteroatoms. The number of nitrogens with zero attached hydrogens (tertiary/aromatic N) is 1. The maximum atomic E-state index is 11.1. The number of hydrogen-bond acceptors (Lipinski definition) is 4. The molecule has 0 amide bonds. The molecule has 0 saturated carbocycles. The van der Waals surface area contributed by atoms with Gasteiger partial charge in [0, 0.05) is 6.08 Å². The van der Waals surface area contributed by atoms with Gasteiger partial charge in [-0.2, -0.15) is 0 Å². The number of fused-ring (bicyclic) bond motifs is 1. The topological polar surface area (TPSA) is 66.8 Å². The van der Waals surface area contributed by atoms with Crippen molar-refractivity contribution in [2.45, 2.75) is 0 Å². The molecule has 0 fully saturated rings. The number of aldehydes is 1. The van der Waals surface area contributed by atoms with Crippen LogP contribution in [0, 0.1) is 0 Å². The molecule has 0 spiro atoms. The maximum absolute atomic E-state index is 11.1. The fourth-order valence-electron chi connectivity index (χ4n) is 1.76. The van der Waals surface area contributed by atoms with E-state index in [4.69, 9.17) is 9.84 Å². The average molecular weight is 233 g/mol. The first-order valence-corrected chi connectivity index (χ1v) is 5.12. The molecule has 17 heavy (non-hydrogen) atoms. The van der Waals surface area contributed by atoms with Crippen LogP contribution in [0.5, 0.6) is 5.75 Å². The first kappa shape index (κ1) is 11.2. The van der Waals surface area contributed by atoms with E-state index in [1.807, 2.05) is 6.07 Å². The van der Waals surface area contributed by atoms with Gasteiger partial charge in [0.2, 0.25) is 0 Å². The Hall–Kier alpha value is -2.30. The standard InChI is InChI=1S/C12H11NO4/c14-7-5-10(12(15)16)13-6-8-17-11-4-2-1-3-9(11)13/h1-5,7H,6,8H2,(H,15,16). The Morgan fingerprint density at radius 1 is 1.41 bits per heavy atom. The lowest BCUT2D eigenvalue weighted by atomic mass is 10.2. The molecule has 1 aliphatic rings. The van der Waals surface area contributed by atoms with Crippen LogP contribution in [-0.4, -0.2) is 30.5 Å².